The standard InChI is InChI=1S/C56H35N5O/c1-4-15-37(16-5-1)48-35-42-21-10-11-24-45(42)53-51(38-17-6-2-7-18-38)52(60-61(48)53)43-22-14-23-44(33-43)56-58-54(39-19-8-3-9-20-39)57-55(59-56)40-29-27-36(28-30-40)41-31-32-50-47(34-41)46-25-12-13-26-49(46)62-50/h1-35H. The van der Waals surface area contributed by atoms with E-state index >= 15 is 0 Å². The van der Waals surface area contributed by atoms with Crippen LogP contribution in [0.3, 0.4) is 0 Å². The molecule has 0 N–H and O–H groups in total. The number of aromatic nitrogens is 5. The predicted molar refractivity (Wildman–Crippen MR) is 251 cm³/mol. The van der Waals surface area contributed by atoms with Gasteiger partial charge in [-0.3, -0.25) is 0 Å². The van der Waals surface area contributed by atoms with Crippen LogP contribution in [0.2, 0.25) is 0 Å². The number of nitrogens with zero attached hydrogens (tertiary/aromatic N) is 5. The number of para-hydroxylation sites is 1. The molecule has 0 atom stereocenters. The molecule has 0 saturated heterocycles. The number of furan rings is 1. The minimum atomic E-state index is 0.581. The summed E-state index contributed by atoms with van der Waals surface area (Å²) in [5.41, 5.74) is 13.8. The maximum atomic E-state index is 6.10. The van der Waals surface area contributed by atoms with E-state index in [1.165, 1.54) is 0 Å². The lowest BCUT2D eigenvalue weighted by molar-refractivity contribution is 0.669. The molecule has 0 aliphatic rings. The molecular formula is C56H35N5O. The van der Waals surface area contributed by atoms with Crippen molar-refractivity contribution in [3.05, 3.63) is 212 Å². The van der Waals surface area contributed by atoms with Crippen LogP contribution in [-0.4, -0.2) is 24.6 Å². The first kappa shape index (κ1) is 35.5. The van der Waals surface area contributed by atoms with Crippen LogP contribution in [0.25, 0.3) is 117 Å². The third-order valence-corrected chi connectivity index (χ3v) is 11.7. The van der Waals surface area contributed by atoms with E-state index < -0.39 is 0 Å². The lowest BCUT2D eigenvalue weighted by Crippen LogP contribution is -2.00. The Morgan fingerprint density at radius 3 is 1.61 bits per heavy atom. The monoisotopic (exact) mass is 793 g/mol. The van der Waals surface area contributed by atoms with E-state index in [-0.39, 0.29) is 0 Å². The van der Waals surface area contributed by atoms with Crippen molar-refractivity contribution in [1.82, 2.24) is 24.6 Å². The Bertz CT molecular complexity index is 3610. The number of hydrogen-bond acceptors (Lipinski definition) is 5. The zero-order valence-corrected chi connectivity index (χ0v) is 33.4. The second kappa shape index (κ2) is 14.7. The Balaban J connectivity index is 1.00. The van der Waals surface area contributed by atoms with Crippen LogP contribution in [-0.2, 0) is 0 Å². The van der Waals surface area contributed by atoms with Crippen LogP contribution in [0.1, 0.15) is 0 Å². The van der Waals surface area contributed by atoms with E-state index in [0.717, 1.165) is 99.7 Å². The van der Waals surface area contributed by atoms with Crippen molar-refractivity contribution in [3.63, 3.8) is 0 Å². The molecule has 0 amide bonds. The molecule has 62 heavy (non-hydrogen) atoms. The van der Waals surface area contributed by atoms with Crippen LogP contribution >= 0.6 is 0 Å². The van der Waals surface area contributed by atoms with Crippen LogP contribution < -0.4 is 0 Å². The topological polar surface area (TPSA) is 69.1 Å². The Morgan fingerprint density at radius 1 is 0.339 bits per heavy atom. The van der Waals surface area contributed by atoms with Gasteiger partial charge in [-0.25, -0.2) is 19.5 Å². The average molecular weight is 794 g/mol. The molecule has 8 aromatic carbocycles. The second-order valence-corrected chi connectivity index (χ2v) is 15.5. The molecule has 12 aromatic rings. The number of hydrogen-bond donors (Lipinski definition) is 0. The Kier molecular flexibility index (Phi) is 8.38. The fraction of sp³-hybridized carbons (Fsp3) is 0. The highest BCUT2D eigenvalue weighted by atomic mass is 16.3. The highest BCUT2D eigenvalue weighted by Gasteiger charge is 2.22. The van der Waals surface area contributed by atoms with Gasteiger partial charge in [-0.1, -0.05) is 182 Å². The molecular weight excluding hydrogens is 759 g/mol. The van der Waals surface area contributed by atoms with Crippen LogP contribution in [0, 0.1) is 0 Å². The van der Waals surface area contributed by atoms with Crippen molar-refractivity contribution < 1.29 is 4.42 Å². The summed E-state index contributed by atoms with van der Waals surface area (Å²) in [6.45, 7) is 0. The SMILES string of the molecule is c1ccc(-c2nc(-c3ccc(-c4ccc5oc6ccccc6c5c4)cc3)nc(-c3cccc(-c4nn5c(-c6ccccc6)cc6ccccc6c5c4-c4ccccc4)c3)n2)cc1. The first-order chi connectivity index (χ1) is 30.7. The van der Waals surface area contributed by atoms with Crippen LogP contribution in [0.5, 0.6) is 0 Å². The third kappa shape index (κ3) is 6.13. The summed E-state index contributed by atoms with van der Waals surface area (Å²) in [5.74, 6) is 1.78. The summed E-state index contributed by atoms with van der Waals surface area (Å²) >= 11 is 0. The highest BCUT2D eigenvalue weighted by Crippen LogP contribution is 2.42. The lowest BCUT2D eigenvalue weighted by atomic mass is 9.96. The minimum absolute atomic E-state index is 0.581. The van der Waals surface area contributed by atoms with Gasteiger partial charge in [0.25, 0.3) is 0 Å². The first-order valence-corrected chi connectivity index (χ1v) is 20.7. The van der Waals surface area contributed by atoms with E-state index in [0.29, 0.717) is 17.5 Å². The molecule has 0 radical (unpaired) electrons. The highest BCUT2D eigenvalue weighted by molar-refractivity contribution is 6.09. The number of benzene rings is 8. The van der Waals surface area contributed by atoms with E-state index in [9.17, 15) is 0 Å². The minimum Gasteiger partial charge on any atom is -0.456 e. The largest absolute Gasteiger partial charge is 0.456 e. The maximum Gasteiger partial charge on any atom is 0.164 e. The van der Waals surface area contributed by atoms with E-state index in [1.807, 2.05) is 54.6 Å². The summed E-state index contributed by atoms with van der Waals surface area (Å²) in [5, 5.41) is 9.97. The molecule has 12 rings (SSSR count). The molecule has 6 heteroatoms. The Hall–Kier alpha value is -8.48. The van der Waals surface area contributed by atoms with Crippen molar-refractivity contribution >= 4 is 38.2 Å². The number of pyridine rings is 1. The first-order valence-electron chi connectivity index (χ1n) is 20.7. The molecule has 0 unspecified atom stereocenters. The van der Waals surface area contributed by atoms with Gasteiger partial charge in [0, 0.05) is 49.5 Å². The number of fused-ring (bicyclic) bond motifs is 6. The van der Waals surface area contributed by atoms with Gasteiger partial charge in [-0.15, -0.1) is 0 Å². The van der Waals surface area contributed by atoms with Crippen LogP contribution in [0.15, 0.2) is 217 Å². The Morgan fingerprint density at radius 2 is 0.871 bits per heavy atom. The van der Waals surface area contributed by atoms with Crippen molar-refractivity contribution in [2.75, 3.05) is 0 Å². The van der Waals surface area contributed by atoms with Crippen molar-refractivity contribution in [1.29, 1.82) is 0 Å². The van der Waals surface area contributed by atoms with E-state index in [4.69, 9.17) is 24.5 Å². The molecule has 4 aromatic heterocycles. The molecule has 0 fully saturated rings. The number of rotatable bonds is 7. The maximum absolute atomic E-state index is 6.10. The molecule has 0 bridgehead atoms. The van der Waals surface area contributed by atoms with Gasteiger partial charge in [0.15, 0.2) is 17.5 Å². The molecule has 0 spiro atoms. The second-order valence-electron chi connectivity index (χ2n) is 15.5. The molecule has 290 valence electrons. The molecule has 0 saturated carbocycles. The lowest BCUT2D eigenvalue weighted by Gasteiger charge is -2.11. The Labute approximate surface area is 357 Å². The zero-order chi connectivity index (χ0) is 41.0. The van der Waals surface area contributed by atoms with E-state index in [2.05, 4.69) is 162 Å². The fourth-order valence-corrected chi connectivity index (χ4v) is 8.66. The molecule has 4 heterocycles. The fourth-order valence-electron chi connectivity index (χ4n) is 8.66. The molecule has 0 aliphatic carbocycles. The molecule has 0 aliphatic heterocycles. The summed E-state index contributed by atoms with van der Waals surface area (Å²) in [4.78, 5) is 15.3. The van der Waals surface area contributed by atoms with Gasteiger partial charge in [-0.2, -0.15) is 5.10 Å². The normalized spacial score (nSPS) is 11.5. The third-order valence-electron chi connectivity index (χ3n) is 11.7. The van der Waals surface area contributed by atoms with Crippen LogP contribution in [0.4, 0.5) is 0 Å². The van der Waals surface area contributed by atoms with Gasteiger partial charge in [-0.05, 0) is 52.4 Å². The summed E-state index contributed by atoms with van der Waals surface area (Å²) in [7, 11) is 0. The predicted octanol–water partition coefficient (Wildman–Crippen LogP) is 14.2. The summed E-state index contributed by atoms with van der Waals surface area (Å²) in [6, 6.07) is 73.4. The van der Waals surface area contributed by atoms with E-state index in [1.54, 1.807) is 0 Å². The van der Waals surface area contributed by atoms with Crippen molar-refractivity contribution in [2.24, 2.45) is 0 Å². The van der Waals surface area contributed by atoms with Crippen molar-refractivity contribution in [3.8, 4) is 78.9 Å². The van der Waals surface area contributed by atoms with Gasteiger partial charge in [0.05, 0.1) is 11.2 Å². The zero-order valence-electron chi connectivity index (χ0n) is 33.4. The van der Waals surface area contributed by atoms with Crippen molar-refractivity contribution in [2.45, 2.75) is 0 Å². The molecule has 6 nitrogen and oxygen atoms in total. The van der Waals surface area contributed by atoms with Gasteiger partial charge >= 0.3 is 0 Å². The summed E-state index contributed by atoms with van der Waals surface area (Å²) in [6.07, 6.45) is 0. The van der Waals surface area contributed by atoms with Gasteiger partial charge in [0.2, 0.25) is 0 Å². The quantitative estimate of drug-likeness (QED) is 0.161. The van der Waals surface area contributed by atoms with Gasteiger partial charge in [0.1, 0.15) is 16.9 Å². The smallest absolute Gasteiger partial charge is 0.164 e. The average Bonchev–Trinajstić information content (AvgIpc) is 3.94. The summed E-state index contributed by atoms with van der Waals surface area (Å²) < 4.78 is 8.22. The van der Waals surface area contributed by atoms with Gasteiger partial charge < -0.3 is 4.42 Å².